The number of ether oxygens (including phenoxy) is 1. The highest BCUT2D eigenvalue weighted by atomic mass is 32.2. The molecule has 0 saturated heterocycles. The van der Waals surface area contributed by atoms with Gasteiger partial charge in [-0.25, -0.2) is 17.9 Å². The van der Waals surface area contributed by atoms with Crippen LogP contribution in [0.3, 0.4) is 0 Å². The molecule has 9 heteroatoms. The van der Waals surface area contributed by atoms with Gasteiger partial charge < -0.3 is 15.4 Å². The lowest BCUT2D eigenvalue weighted by Gasteiger charge is -2.18. The molecule has 0 bridgehead atoms. The van der Waals surface area contributed by atoms with Gasteiger partial charge in [-0.15, -0.1) is 0 Å². The van der Waals surface area contributed by atoms with Crippen LogP contribution in [-0.4, -0.2) is 39.6 Å². The van der Waals surface area contributed by atoms with Crippen molar-refractivity contribution in [3.8, 4) is 0 Å². The van der Waals surface area contributed by atoms with E-state index in [1.807, 2.05) is 30.3 Å². The summed E-state index contributed by atoms with van der Waals surface area (Å²) in [6, 6.07) is 13.9. The average Bonchev–Trinajstić information content (AvgIpc) is 2.67. The van der Waals surface area contributed by atoms with E-state index in [-0.39, 0.29) is 17.4 Å². The molecule has 0 aliphatic rings. The molecule has 8 nitrogen and oxygen atoms in total. The third-order valence-electron chi connectivity index (χ3n) is 3.90. The van der Waals surface area contributed by atoms with Gasteiger partial charge >= 0.3 is 6.09 Å². The molecule has 2 aromatic rings. The van der Waals surface area contributed by atoms with Gasteiger partial charge in [0.15, 0.2) is 0 Å². The Morgan fingerprint density at radius 3 is 2.17 bits per heavy atom. The van der Waals surface area contributed by atoms with Crippen LogP contribution in [0.25, 0.3) is 0 Å². The van der Waals surface area contributed by atoms with E-state index in [4.69, 9.17) is 0 Å². The molecule has 2 aromatic carbocycles. The molecule has 0 fully saturated rings. The van der Waals surface area contributed by atoms with E-state index in [9.17, 15) is 18.0 Å². The Morgan fingerprint density at radius 2 is 1.62 bits per heavy atom. The van der Waals surface area contributed by atoms with Crippen LogP contribution < -0.4 is 15.4 Å². The highest BCUT2D eigenvalue weighted by Crippen LogP contribution is 2.15. The van der Waals surface area contributed by atoms with Gasteiger partial charge in [-0.1, -0.05) is 30.3 Å². The Hall–Kier alpha value is -2.91. The van der Waals surface area contributed by atoms with Gasteiger partial charge in [0.05, 0.1) is 12.0 Å². The smallest absolute Gasteiger partial charge is 0.407 e. The second-order valence-corrected chi connectivity index (χ2v) is 8.38. The largest absolute Gasteiger partial charge is 0.453 e. The number of anilines is 1. The Labute approximate surface area is 170 Å². The summed E-state index contributed by atoms with van der Waals surface area (Å²) >= 11 is 0. The summed E-state index contributed by atoms with van der Waals surface area (Å²) in [5.41, 5.74) is 1.27. The number of benzene rings is 2. The molecule has 1 unspecified atom stereocenters. The quantitative estimate of drug-likeness (QED) is 0.607. The van der Waals surface area contributed by atoms with Crippen molar-refractivity contribution >= 4 is 27.7 Å². The minimum atomic E-state index is -3.62. The molecule has 1 atom stereocenters. The number of hydrogen-bond donors (Lipinski definition) is 3. The summed E-state index contributed by atoms with van der Waals surface area (Å²) in [6.45, 7) is 3.46. The third kappa shape index (κ3) is 6.88. The van der Waals surface area contributed by atoms with Crippen LogP contribution >= 0.6 is 0 Å². The zero-order chi connectivity index (χ0) is 21.4. The molecule has 0 spiro atoms. The van der Waals surface area contributed by atoms with E-state index < -0.39 is 28.1 Å². The van der Waals surface area contributed by atoms with E-state index in [0.29, 0.717) is 5.69 Å². The molecular formula is C20H25N3O5S. The monoisotopic (exact) mass is 419 g/mol. The van der Waals surface area contributed by atoms with Crippen LogP contribution in [0.4, 0.5) is 10.5 Å². The fourth-order valence-corrected chi connectivity index (χ4v) is 3.84. The molecule has 29 heavy (non-hydrogen) atoms. The van der Waals surface area contributed by atoms with Gasteiger partial charge in [-0.2, -0.15) is 0 Å². The molecule has 0 radical (unpaired) electrons. The van der Waals surface area contributed by atoms with Crippen molar-refractivity contribution < 1.29 is 22.7 Å². The van der Waals surface area contributed by atoms with Crippen LogP contribution in [0.2, 0.25) is 0 Å². The first kappa shape index (κ1) is 22.4. The van der Waals surface area contributed by atoms with E-state index in [1.165, 1.54) is 31.4 Å². The third-order valence-corrected chi connectivity index (χ3v) is 5.57. The van der Waals surface area contributed by atoms with Crippen molar-refractivity contribution in [3.05, 3.63) is 60.2 Å². The Bertz CT molecular complexity index is 928. The Morgan fingerprint density at radius 1 is 1.00 bits per heavy atom. The van der Waals surface area contributed by atoms with E-state index >= 15 is 0 Å². The predicted molar refractivity (Wildman–Crippen MR) is 110 cm³/mol. The lowest BCUT2D eigenvalue weighted by Crippen LogP contribution is -2.45. The molecule has 0 aliphatic heterocycles. The minimum absolute atomic E-state index is 0.0951. The first-order chi connectivity index (χ1) is 13.7. The van der Waals surface area contributed by atoms with Gasteiger partial charge in [0.25, 0.3) is 0 Å². The van der Waals surface area contributed by atoms with E-state index in [0.717, 1.165) is 5.56 Å². The summed E-state index contributed by atoms with van der Waals surface area (Å²) in [6.07, 6.45) is -0.450. The summed E-state index contributed by atoms with van der Waals surface area (Å²) in [4.78, 5) is 24.4. The number of sulfonamides is 1. The standard InChI is InChI=1S/C20H25N3O5S/c1-14(2)23-29(26,27)17-11-9-16(10-12-17)21-19(24)18(22-20(25)28-3)13-15-7-5-4-6-8-15/h4-12,14,18,23H,13H2,1-3H3,(H,21,24)(H,22,25). The van der Waals surface area contributed by atoms with Crippen molar-refractivity contribution in [2.24, 2.45) is 0 Å². The number of alkyl carbamates (subject to hydrolysis) is 1. The van der Waals surface area contributed by atoms with Crippen molar-refractivity contribution in [2.45, 2.75) is 37.2 Å². The Balaban J connectivity index is 2.12. The van der Waals surface area contributed by atoms with Gasteiger partial charge in [-0.3, -0.25) is 4.79 Å². The maximum absolute atomic E-state index is 12.7. The summed E-state index contributed by atoms with van der Waals surface area (Å²) < 4.78 is 31.5. The first-order valence-corrected chi connectivity index (χ1v) is 10.5. The molecule has 156 valence electrons. The van der Waals surface area contributed by atoms with Crippen LogP contribution in [0.5, 0.6) is 0 Å². The number of nitrogens with one attached hydrogen (secondary N) is 3. The summed E-state index contributed by atoms with van der Waals surface area (Å²) in [5, 5.41) is 5.20. The maximum Gasteiger partial charge on any atom is 0.407 e. The van der Waals surface area contributed by atoms with Crippen molar-refractivity contribution in [1.82, 2.24) is 10.0 Å². The van der Waals surface area contributed by atoms with Gasteiger partial charge in [0.2, 0.25) is 15.9 Å². The molecule has 2 amide bonds. The molecule has 3 N–H and O–H groups in total. The number of hydrogen-bond acceptors (Lipinski definition) is 5. The number of carbonyl (C=O) groups excluding carboxylic acids is 2. The summed E-state index contributed by atoms with van der Waals surface area (Å²) in [5.74, 6) is -0.449. The minimum Gasteiger partial charge on any atom is -0.453 e. The van der Waals surface area contributed by atoms with Gasteiger partial charge in [-0.05, 0) is 43.7 Å². The molecule has 0 aromatic heterocycles. The second kappa shape index (κ2) is 10.0. The van der Waals surface area contributed by atoms with Crippen molar-refractivity contribution in [2.75, 3.05) is 12.4 Å². The zero-order valence-electron chi connectivity index (χ0n) is 16.5. The SMILES string of the molecule is COC(=O)NC(Cc1ccccc1)C(=O)Nc1ccc(S(=O)(=O)NC(C)C)cc1. The van der Waals surface area contributed by atoms with Crippen LogP contribution in [0.15, 0.2) is 59.5 Å². The van der Waals surface area contributed by atoms with Crippen LogP contribution in [0.1, 0.15) is 19.4 Å². The van der Waals surface area contributed by atoms with Crippen LogP contribution in [0, 0.1) is 0 Å². The predicted octanol–water partition coefficient (Wildman–Crippen LogP) is 2.28. The van der Waals surface area contributed by atoms with E-state index in [1.54, 1.807) is 13.8 Å². The van der Waals surface area contributed by atoms with Crippen LogP contribution in [-0.2, 0) is 26.0 Å². The number of amides is 2. The first-order valence-electron chi connectivity index (χ1n) is 9.03. The molecule has 0 aliphatic carbocycles. The van der Waals surface area contributed by atoms with Crippen molar-refractivity contribution in [3.63, 3.8) is 0 Å². The average molecular weight is 420 g/mol. The number of rotatable bonds is 8. The molecule has 2 rings (SSSR count). The number of methoxy groups -OCH3 is 1. The zero-order valence-corrected chi connectivity index (χ0v) is 17.3. The fraction of sp³-hybridized carbons (Fsp3) is 0.300. The maximum atomic E-state index is 12.7. The molecular weight excluding hydrogens is 394 g/mol. The normalized spacial score (nSPS) is 12.3. The summed E-state index contributed by atoms with van der Waals surface area (Å²) in [7, 11) is -2.40. The highest BCUT2D eigenvalue weighted by molar-refractivity contribution is 7.89. The molecule has 0 saturated carbocycles. The molecule has 0 heterocycles. The van der Waals surface area contributed by atoms with Crippen molar-refractivity contribution in [1.29, 1.82) is 0 Å². The Kier molecular flexibility index (Phi) is 7.74. The fourth-order valence-electron chi connectivity index (χ4n) is 2.59. The lowest BCUT2D eigenvalue weighted by molar-refractivity contribution is -0.118. The highest BCUT2D eigenvalue weighted by Gasteiger charge is 2.22. The number of carbonyl (C=O) groups is 2. The second-order valence-electron chi connectivity index (χ2n) is 6.67. The lowest BCUT2D eigenvalue weighted by atomic mass is 10.1. The van der Waals surface area contributed by atoms with E-state index in [2.05, 4.69) is 20.1 Å². The van der Waals surface area contributed by atoms with Gasteiger partial charge in [0.1, 0.15) is 6.04 Å². The van der Waals surface area contributed by atoms with Gasteiger partial charge in [0, 0.05) is 18.2 Å². The topological polar surface area (TPSA) is 114 Å².